The lowest BCUT2D eigenvalue weighted by Crippen LogP contribution is -2.11. The van der Waals surface area contributed by atoms with Crippen molar-refractivity contribution in [3.05, 3.63) is 41.5 Å². The van der Waals surface area contributed by atoms with E-state index in [2.05, 4.69) is 14.9 Å². The van der Waals surface area contributed by atoms with Crippen molar-refractivity contribution in [2.75, 3.05) is 11.0 Å². The number of benzene rings is 1. The molecule has 0 saturated heterocycles. The highest BCUT2D eigenvalue weighted by Gasteiger charge is 2.28. The first-order valence-electron chi connectivity index (χ1n) is 6.39. The van der Waals surface area contributed by atoms with E-state index in [0.29, 0.717) is 23.9 Å². The van der Waals surface area contributed by atoms with Crippen molar-refractivity contribution in [1.82, 2.24) is 10.1 Å². The minimum absolute atomic E-state index is 0.415. The summed E-state index contributed by atoms with van der Waals surface area (Å²) in [6, 6.07) is 7.19. The van der Waals surface area contributed by atoms with E-state index in [9.17, 15) is 8.42 Å². The molecular weight excluding hydrogens is 278 g/mol. The normalized spacial score (nSPS) is 15.2. The molecule has 3 rings (SSSR count). The Balaban J connectivity index is 1.82. The van der Waals surface area contributed by atoms with Gasteiger partial charge in [0, 0.05) is 5.92 Å². The molecule has 0 aliphatic heterocycles. The molecule has 1 N–H and O–H groups in total. The lowest BCUT2D eigenvalue weighted by molar-refractivity contribution is 0.379. The zero-order valence-electron chi connectivity index (χ0n) is 11.0. The minimum Gasteiger partial charge on any atom is -0.339 e. The average Bonchev–Trinajstić information content (AvgIpc) is 3.11. The third-order valence-electron chi connectivity index (χ3n) is 3.08. The number of hydrogen-bond donors (Lipinski definition) is 1. The second-order valence-corrected chi connectivity index (χ2v) is 6.78. The van der Waals surface area contributed by atoms with Crippen LogP contribution in [0.1, 0.15) is 36.0 Å². The second-order valence-electron chi connectivity index (χ2n) is 5.03. The third-order valence-corrected chi connectivity index (χ3v) is 3.67. The molecule has 1 aromatic heterocycles. The number of aromatic nitrogens is 2. The fourth-order valence-electron chi connectivity index (χ4n) is 1.98. The van der Waals surface area contributed by atoms with Gasteiger partial charge in [-0.3, -0.25) is 4.72 Å². The van der Waals surface area contributed by atoms with Crippen molar-refractivity contribution in [2.45, 2.75) is 25.2 Å². The molecule has 0 atom stereocenters. The molecule has 1 aliphatic rings. The fourth-order valence-corrected chi connectivity index (χ4v) is 2.58. The quantitative estimate of drug-likeness (QED) is 0.910. The van der Waals surface area contributed by atoms with Crippen LogP contribution >= 0.6 is 0 Å². The van der Waals surface area contributed by atoms with Crippen molar-refractivity contribution in [3.63, 3.8) is 0 Å². The van der Waals surface area contributed by atoms with E-state index in [4.69, 9.17) is 4.52 Å². The van der Waals surface area contributed by atoms with Crippen molar-refractivity contribution >= 4 is 15.7 Å². The Morgan fingerprint density at radius 3 is 2.80 bits per heavy atom. The molecule has 0 spiro atoms. The highest BCUT2D eigenvalue weighted by Crippen LogP contribution is 2.38. The number of hydrogen-bond acceptors (Lipinski definition) is 5. The summed E-state index contributed by atoms with van der Waals surface area (Å²) in [7, 11) is -3.31. The van der Waals surface area contributed by atoms with Gasteiger partial charge in [0.25, 0.3) is 0 Å². The van der Waals surface area contributed by atoms with Gasteiger partial charge in [0.15, 0.2) is 5.82 Å². The van der Waals surface area contributed by atoms with Gasteiger partial charge in [-0.25, -0.2) is 8.42 Å². The van der Waals surface area contributed by atoms with Crippen LogP contribution in [-0.4, -0.2) is 24.8 Å². The molecular formula is C13H15N3O3S. The molecule has 106 valence electrons. The monoisotopic (exact) mass is 293 g/mol. The van der Waals surface area contributed by atoms with Crippen LogP contribution in [0.5, 0.6) is 0 Å². The van der Waals surface area contributed by atoms with Gasteiger partial charge in [-0.15, -0.1) is 0 Å². The highest BCUT2D eigenvalue weighted by atomic mass is 32.2. The summed E-state index contributed by atoms with van der Waals surface area (Å²) in [6.07, 6.45) is 3.77. The van der Waals surface area contributed by atoms with Gasteiger partial charge in [0.2, 0.25) is 15.9 Å². The van der Waals surface area contributed by atoms with E-state index in [1.807, 2.05) is 12.1 Å². The first-order valence-corrected chi connectivity index (χ1v) is 8.28. The van der Waals surface area contributed by atoms with Gasteiger partial charge in [-0.1, -0.05) is 23.4 Å². The van der Waals surface area contributed by atoms with E-state index >= 15 is 0 Å². The number of nitrogens with zero attached hydrogens (tertiary/aromatic N) is 2. The molecule has 1 aliphatic carbocycles. The summed E-state index contributed by atoms with van der Waals surface area (Å²) in [4.78, 5) is 4.35. The van der Waals surface area contributed by atoms with Gasteiger partial charge >= 0.3 is 0 Å². The highest BCUT2D eigenvalue weighted by molar-refractivity contribution is 7.92. The van der Waals surface area contributed by atoms with Crippen LogP contribution in [0, 0.1) is 0 Å². The number of sulfonamides is 1. The Morgan fingerprint density at radius 2 is 2.10 bits per heavy atom. The molecule has 20 heavy (non-hydrogen) atoms. The standard InChI is InChI=1S/C13H15N3O3S/c1-20(17,18)16-11-5-3-2-4-10(11)8-12-14-13(15-19-12)9-6-7-9/h2-5,9,16H,6-8H2,1H3. The number of para-hydroxylation sites is 1. The summed E-state index contributed by atoms with van der Waals surface area (Å²) in [5.74, 6) is 1.71. The van der Waals surface area contributed by atoms with Crippen LogP contribution in [0.3, 0.4) is 0 Å². The van der Waals surface area contributed by atoms with Gasteiger partial charge in [0.05, 0.1) is 18.4 Å². The van der Waals surface area contributed by atoms with E-state index in [1.54, 1.807) is 12.1 Å². The Kier molecular flexibility index (Phi) is 3.21. The summed E-state index contributed by atoms with van der Waals surface area (Å²) >= 11 is 0. The maximum atomic E-state index is 11.3. The van der Waals surface area contributed by atoms with Crippen molar-refractivity contribution < 1.29 is 12.9 Å². The molecule has 2 aromatic rings. The van der Waals surface area contributed by atoms with Crippen molar-refractivity contribution in [3.8, 4) is 0 Å². The smallest absolute Gasteiger partial charge is 0.231 e. The second kappa shape index (κ2) is 4.90. The summed E-state index contributed by atoms with van der Waals surface area (Å²) in [5.41, 5.74) is 1.35. The molecule has 1 fully saturated rings. The van der Waals surface area contributed by atoms with Crippen LogP contribution < -0.4 is 4.72 Å². The summed E-state index contributed by atoms with van der Waals surface area (Å²) < 4.78 is 30.4. The SMILES string of the molecule is CS(=O)(=O)Nc1ccccc1Cc1nc(C2CC2)no1. The lowest BCUT2D eigenvalue weighted by Gasteiger charge is -2.08. The van der Waals surface area contributed by atoms with Crippen LogP contribution in [-0.2, 0) is 16.4 Å². The zero-order chi connectivity index (χ0) is 14.2. The van der Waals surface area contributed by atoms with E-state index in [1.165, 1.54) is 0 Å². The zero-order valence-corrected chi connectivity index (χ0v) is 11.9. The summed E-state index contributed by atoms with van der Waals surface area (Å²) in [5, 5.41) is 3.95. The van der Waals surface area contributed by atoms with Gasteiger partial charge in [-0.2, -0.15) is 4.98 Å². The number of rotatable bonds is 5. The van der Waals surface area contributed by atoms with Crippen molar-refractivity contribution in [2.24, 2.45) is 0 Å². The predicted octanol–water partition coefficient (Wildman–Crippen LogP) is 1.91. The van der Waals surface area contributed by atoms with Gasteiger partial charge in [0.1, 0.15) is 0 Å². The third kappa shape index (κ3) is 3.16. The number of nitrogens with one attached hydrogen (secondary N) is 1. The molecule has 0 radical (unpaired) electrons. The Labute approximate surface area is 117 Å². The van der Waals surface area contributed by atoms with Crippen LogP contribution in [0.4, 0.5) is 5.69 Å². The van der Waals surface area contributed by atoms with E-state index < -0.39 is 10.0 Å². The van der Waals surface area contributed by atoms with E-state index in [-0.39, 0.29) is 0 Å². The van der Waals surface area contributed by atoms with Gasteiger partial charge in [-0.05, 0) is 24.5 Å². The molecule has 1 saturated carbocycles. The predicted molar refractivity (Wildman–Crippen MR) is 74.0 cm³/mol. The average molecular weight is 293 g/mol. The molecule has 7 heteroatoms. The largest absolute Gasteiger partial charge is 0.339 e. The van der Waals surface area contributed by atoms with Crippen LogP contribution in [0.2, 0.25) is 0 Å². The van der Waals surface area contributed by atoms with Crippen molar-refractivity contribution in [1.29, 1.82) is 0 Å². The molecule has 1 heterocycles. The maximum absolute atomic E-state index is 11.3. The van der Waals surface area contributed by atoms with E-state index in [0.717, 1.165) is 30.5 Å². The Hall–Kier alpha value is -1.89. The maximum Gasteiger partial charge on any atom is 0.231 e. The molecule has 1 aromatic carbocycles. The first-order chi connectivity index (χ1) is 9.51. The Morgan fingerprint density at radius 1 is 1.35 bits per heavy atom. The first kappa shape index (κ1) is 13.1. The lowest BCUT2D eigenvalue weighted by atomic mass is 10.1. The molecule has 0 bridgehead atoms. The minimum atomic E-state index is -3.31. The molecule has 0 unspecified atom stereocenters. The Bertz CT molecular complexity index is 720. The van der Waals surface area contributed by atoms with Gasteiger partial charge < -0.3 is 4.52 Å². The van der Waals surface area contributed by atoms with Crippen LogP contribution in [0.25, 0.3) is 0 Å². The summed E-state index contributed by atoms with van der Waals surface area (Å²) in [6.45, 7) is 0. The molecule has 0 amide bonds. The van der Waals surface area contributed by atoms with Crippen LogP contribution in [0.15, 0.2) is 28.8 Å². The topological polar surface area (TPSA) is 85.1 Å². The molecule has 6 nitrogen and oxygen atoms in total. The number of anilines is 1. The fraction of sp³-hybridized carbons (Fsp3) is 0.385.